The third-order valence-electron chi connectivity index (χ3n) is 7.26. The van der Waals surface area contributed by atoms with Gasteiger partial charge in [-0.2, -0.15) is 4.98 Å². The van der Waals surface area contributed by atoms with Crippen molar-refractivity contribution >= 4 is 29.0 Å². The van der Waals surface area contributed by atoms with Crippen LogP contribution in [0.3, 0.4) is 0 Å². The number of nitrogens with one attached hydrogen (secondary N) is 2. The summed E-state index contributed by atoms with van der Waals surface area (Å²) in [6, 6.07) is 4.72. The number of nitrogens with zero attached hydrogens (tertiary/aromatic N) is 6. The standard InChI is InChI=1S/C26H26F2N8O4/c1-14-18(27)10-17(25-32-23(33-40-25)15-12-35(13-15)26(38)39-2)21(28)22(14)31-24(37)19-11-30-20-9-16(3-6-36(19)20)34-7-4-29-5-8-34/h3,6,9-11,15,29H,4-5,7-8,12-13H2,1-2H3,(H,31,37). The molecule has 2 fully saturated rings. The molecule has 0 atom stereocenters. The molecule has 2 saturated heterocycles. The van der Waals surface area contributed by atoms with Crippen LogP contribution in [0.25, 0.3) is 17.1 Å². The summed E-state index contributed by atoms with van der Waals surface area (Å²) < 4.78 is 42.1. The molecule has 0 aliphatic carbocycles. The molecule has 2 N–H and O–H groups in total. The number of hydrogen-bond acceptors (Lipinski definition) is 9. The first-order valence-electron chi connectivity index (χ1n) is 12.7. The summed E-state index contributed by atoms with van der Waals surface area (Å²) in [5.74, 6) is -2.55. The Labute approximate surface area is 226 Å². The largest absolute Gasteiger partial charge is 0.453 e. The van der Waals surface area contributed by atoms with Crippen LogP contribution in [0.15, 0.2) is 35.1 Å². The van der Waals surface area contributed by atoms with Gasteiger partial charge in [-0.25, -0.2) is 18.6 Å². The molecule has 14 heteroatoms. The first-order valence-corrected chi connectivity index (χ1v) is 12.7. The van der Waals surface area contributed by atoms with Gasteiger partial charge in [-0.15, -0.1) is 0 Å². The maximum Gasteiger partial charge on any atom is 0.409 e. The number of aromatic nitrogens is 4. The Hall–Kier alpha value is -4.59. The molecule has 0 bridgehead atoms. The summed E-state index contributed by atoms with van der Waals surface area (Å²) in [7, 11) is 1.28. The van der Waals surface area contributed by atoms with Crippen molar-refractivity contribution in [2.75, 3.05) is 56.6 Å². The fraction of sp³-hybridized carbons (Fsp3) is 0.346. The van der Waals surface area contributed by atoms with Gasteiger partial charge in [0.1, 0.15) is 17.2 Å². The van der Waals surface area contributed by atoms with Gasteiger partial charge in [-0.1, -0.05) is 5.16 Å². The number of carbonyl (C=O) groups is 2. The summed E-state index contributed by atoms with van der Waals surface area (Å²) in [5, 5.41) is 9.68. The number of ether oxygens (including phenoxy) is 1. The maximum atomic E-state index is 15.7. The second-order valence-electron chi connectivity index (χ2n) is 9.70. The predicted octanol–water partition coefficient (Wildman–Crippen LogP) is 2.80. The number of methoxy groups -OCH3 is 1. The fourth-order valence-electron chi connectivity index (χ4n) is 4.89. The Kier molecular flexibility index (Phi) is 6.54. The van der Waals surface area contributed by atoms with Crippen LogP contribution in [-0.2, 0) is 4.74 Å². The number of carbonyl (C=O) groups excluding carboxylic acids is 2. The van der Waals surface area contributed by atoms with Gasteiger partial charge in [0.05, 0.1) is 30.5 Å². The zero-order valence-electron chi connectivity index (χ0n) is 21.8. The van der Waals surface area contributed by atoms with Gasteiger partial charge >= 0.3 is 6.09 Å². The van der Waals surface area contributed by atoms with Crippen LogP contribution in [-0.4, -0.2) is 82.8 Å². The summed E-state index contributed by atoms with van der Waals surface area (Å²) in [6.07, 6.45) is 2.65. The Bertz CT molecular complexity index is 1610. The van der Waals surface area contributed by atoms with Crippen molar-refractivity contribution in [2.24, 2.45) is 0 Å². The second kappa shape index (κ2) is 10.2. The van der Waals surface area contributed by atoms with Gasteiger partial charge in [0.25, 0.3) is 11.8 Å². The van der Waals surface area contributed by atoms with Gasteiger partial charge in [0.2, 0.25) is 0 Å². The van der Waals surface area contributed by atoms with E-state index in [9.17, 15) is 14.0 Å². The second-order valence-corrected chi connectivity index (χ2v) is 9.70. The van der Waals surface area contributed by atoms with E-state index < -0.39 is 23.6 Å². The molecule has 0 unspecified atom stereocenters. The molecule has 0 saturated carbocycles. The molecule has 0 radical (unpaired) electrons. The molecule has 2 aliphatic rings. The summed E-state index contributed by atoms with van der Waals surface area (Å²) in [5.41, 5.74) is 0.983. The molecule has 0 spiro atoms. The van der Waals surface area contributed by atoms with E-state index in [0.717, 1.165) is 37.9 Å². The number of pyridine rings is 1. The molecular formula is C26H26F2N8O4. The van der Waals surface area contributed by atoms with Gasteiger partial charge in [0, 0.05) is 62.8 Å². The number of likely N-dealkylation sites (tertiary alicyclic amines) is 1. The Balaban J connectivity index is 1.24. The topological polar surface area (TPSA) is 130 Å². The van der Waals surface area contributed by atoms with Crippen molar-refractivity contribution in [1.82, 2.24) is 29.7 Å². The van der Waals surface area contributed by atoms with E-state index >= 15 is 4.39 Å². The summed E-state index contributed by atoms with van der Waals surface area (Å²) >= 11 is 0. The lowest BCUT2D eigenvalue weighted by molar-refractivity contribution is 0.0857. The number of halogens is 2. The zero-order chi connectivity index (χ0) is 28.0. The highest BCUT2D eigenvalue weighted by atomic mass is 19.1. The maximum absolute atomic E-state index is 15.7. The van der Waals surface area contributed by atoms with Crippen molar-refractivity contribution in [3.05, 3.63) is 59.3 Å². The Morgan fingerprint density at radius 1 is 1.20 bits per heavy atom. The molecule has 6 rings (SSSR count). The van der Waals surface area contributed by atoms with Gasteiger partial charge in [-0.05, 0) is 19.1 Å². The lowest BCUT2D eigenvalue weighted by atomic mass is 10.0. The summed E-state index contributed by atoms with van der Waals surface area (Å²) in [6.45, 7) is 5.47. The van der Waals surface area contributed by atoms with Crippen molar-refractivity contribution in [2.45, 2.75) is 12.8 Å². The number of benzene rings is 1. The Morgan fingerprint density at radius 2 is 1.98 bits per heavy atom. The number of rotatable bonds is 5. The van der Waals surface area contributed by atoms with Crippen LogP contribution in [0.4, 0.5) is 25.0 Å². The monoisotopic (exact) mass is 552 g/mol. The zero-order valence-corrected chi connectivity index (χ0v) is 21.8. The molecule has 3 aromatic heterocycles. The van der Waals surface area contributed by atoms with E-state index in [1.807, 2.05) is 12.1 Å². The van der Waals surface area contributed by atoms with E-state index in [-0.39, 0.29) is 40.1 Å². The SMILES string of the molecule is COC(=O)N1CC(c2noc(-c3cc(F)c(C)c(NC(=O)c4cnc5cc(N6CCNCC6)ccn45)c3F)n2)C1. The highest BCUT2D eigenvalue weighted by Gasteiger charge is 2.36. The van der Waals surface area contributed by atoms with Crippen molar-refractivity contribution in [1.29, 1.82) is 0 Å². The number of amides is 2. The number of hydrogen-bond donors (Lipinski definition) is 2. The van der Waals surface area contributed by atoms with E-state index in [0.29, 0.717) is 18.7 Å². The van der Waals surface area contributed by atoms with Crippen molar-refractivity contribution < 1.29 is 27.6 Å². The Morgan fingerprint density at radius 3 is 2.73 bits per heavy atom. The average Bonchev–Trinajstić information content (AvgIpc) is 3.60. The minimum atomic E-state index is -0.915. The third-order valence-corrected chi connectivity index (χ3v) is 7.26. The third kappa shape index (κ3) is 4.49. The van der Waals surface area contributed by atoms with Crippen LogP contribution in [0.2, 0.25) is 0 Å². The average molecular weight is 553 g/mol. The first kappa shape index (κ1) is 25.7. The molecule has 1 aromatic carbocycles. The number of imidazole rings is 1. The molecular weight excluding hydrogens is 526 g/mol. The summed E-state index contributed by atoms with van der Waals surface area (Å²) in [4.78, 5) is 37.0. The molecule has 12 nitrogen and oxygen atoms in total. The molecule has 208 valence electrons. The van der Waals surface area contributed by atoms with E-state index in [2.05, 4.69) is 35.4 Å². The van der Waals surface area contributed by atoms with Gasteiger partial charge < -0.3 is 29.7 Å². The van der Waals surface area contributed by atoms with E-state index in [1.165, 1.54) is 25.1 Å². The smallest absolute Gasteiger partial charge is 0.409 e. The minimum absolute atomic E-state index is 0.0862. The molecule has 2 aliphatic heterocycles. The molecule has 2 amide bonds. The fourth-order valence-corrected chi connectivity index (χ4v) is 4.89. The minimum Gasteiger partial charge on any atom is -0.453 e. The predicted molar refractivity (Wildman–Crippen MR) is 139 cm³/mol. The van der Waals surface area contributed by atoms with E-state index in [1.54, 1.807) is 10.6 Å². The van der Waals surface area contributed by atoms with Gasteiger partial charge in [-0.3, -0.25) is 9.20 Å². The number of anilines is 2. The van der Waals surface area contributed by atoms with E-state index in [4.69, 9.17) is 4.52 Å². The number of piperazine rings is 1. The van der Waals surface area contributed by atoms with Gasteiger partial charge in [0.15, 0.2) is 11.6 Å². The molecule has 40 heavy (non-hydrogen) atoms. The van der Waals surface area contributed by atoms with Crippen LogP contribution in [0.5, 0.6) is 0 Å². The lowest BCUT2D eigenvalue weighted by Gasteiger charge is -2.35. The highest BCUT2D eigenvalue weighted by Crippen LogP contribution is 2.34. The number of fused-ring (bicyclic) bond motifs is 1. The highest BCUT2D eigenvalue weighted by molar-refractivity contribution is 6.04. The van der Waals surface area contributed by atoms with Crippen molar-refractivity contribution in [3.63, 3.8) is 0 Å². The quantitative estimate of drug-likeness (QED) is 0.384. The molecule has 5 heterocycles. The van der Waals surface area contributed by atoms with Crippen molar-refractivity contribution in [3.8, 4) is 11.5 Å². The van der Waals surface area contributed by atoms with Crippen LogP contribution in [0.1, 0.15) is 27.8 Å². The van der Waals surface area contributed by atoms with Crippen LogP contribution < -0.4 is 15.5 Å². The lowest BCUT2D eigenvalue weighted by Crippen LogP contribution is -2.48. The van der Waals surface area contributed by atoms with Crippen LogP contribution in [0, 0.1) is 18.6 Å². The van der Waals surface area contributed by atoms with Crippen LogP contribution >= 0.6 is 0 Å². The normalized spacial score (nSPS) is 15.8. The molecule has 4 aromatic rings. The first-order chi connectivity index (χ1) is 19.3.